The van der Waals surface area contributed by atoms with Crippen LogP contribution in [0.1, 0.15) is 36.8 Å². The number of benzene rings is 2. The number of ketones is 1. The van der Waals surface area contributed by atoms with Gasteiger partial charge in [0, 0.05) is 22.9 Å². The molecule has 120 valence electrons. The molecule has 2 aromatic carbocycles. The van der Waals surface area contributed by atoms with E-state index in [1.807, 2.05) is 36.4 Å². The summed E-state index contributed by atoms with van der Waals surface area (Å²) in [5.41, 5.74) is 2.18. The Balaban J connectivity index is 1.56. The van der Waals surface area contributed by atoms with E-state index < -0.39 is 0 Å². The quantitative estimate of drug-likeness (QED) is 0.752. The Morgan fingerprint density at radius 1 is 1.04 bits per heavy atom. The van der Waals surface area contributed by atoms with Crippen LogP contribution in [0.15, 0.2) is 48.5 Å². The first-order chi connectivity index (χ1) is 11.2. The molecule has 2 aromatic rings. The van der Waals surface area contributed by atoms with Crippen molar-refractivity contribution in [2.75, 3.05) is 0 Å². The number of carbonyl (C=O) groups excluding carboxylic acids is 1. The zero-order valence-electron chi connectivity index (χ0n) is 13.1. The van der Waals surface area contributed by atoms with Crippen LogP contribution in [0.4, 0.5) is 0 Å². The summed E-state index contributed by atoms with van der Waals surface area (Å²) in [6, 6.07) is 15.8. The van der Waals surface area contributed by atoms with Crippen LogP contribution in [0.25, 0.3) is 0 Å². The monoisotopic (exact) mass is 328 g/mol. The van der Waals surface area contributed by atoms with Crippen LogP contribution in [0.3, 0.4) is 0 Å². The molecular weight excluding hydrogens is 308 g/mol. The van der Waals surface area contributed by atoms with Crippen molar-refractivity contribution in [3.63, 3.8) is 0 Å². The predicted molar refractivity (Wildman–Crippen MR) is 92.9 cm³/mol. The lowest BCUT2D eigenvalue weighted by Gasteiger charge is -2.20. The second-order valence-corrected chi connectivity index (χ2v) is 6.54. The normalized spacial score (nSPS) is 18.0. The number of carbonyl (C=O) groups is 1. The van der Waals surface area contributed by atoms with Gasteiger partial charge in [-0.3, -0.25) is 4.79 Å². The SMILES string of the molecule is O=C1CCCCC1Cc1ccc(OCc2ccccc2Cl)cc1. The summed E-state index contributed by atoms with van der Waals surface area (Å²) in [5, 5.41) is 0.722. The number of rotatable bonds is 5. The molecule has 0 heterocycles. The average Bonchev–Trinajstić information content (AvgIpc) is 2.57. The Kier molecular flexibility index (Phi) is 5.35. The van der Waals surface area contributed by atoms with Crippen LogP contribution in [-0.2, 0) is 17.8 Å². The molecule has 1 saturated carbocycles. The molecule has 3 heteroatoms. The first-order valence-electron chi connectivity index (χ1n) is 8.20. The van der Waals surface area contributed by atoms with E-state index >= 15 is 0 Å². The summed E-state index contributed by atoms with van der Waals surface area (Å²) in [7, 11) is 0. The van der Waals surface area contributed by atoms with Gasteiger partial charge in [-0.25, -0.2) is 0 Å². The van der Waals surface area contributed by atoms with Crippen molar-refractivity contribution in [3.05, 3.63) is 64.7 Å². The van der Waals surface area contributed by atoms with Crippen molar-refractivity contribution >= 4 is 17.4 Å². The van der Waals surface area contributed by atoms with Gasteiger partial charge in [-0.1, -0.05) is 48.4 Å². The lowest BCUT2D eigenvalue weighted by atomic mass is 9.84. The standard InChI is InChI=1S/C20H21ClO2/c21-19-7-3-1-6-17(19)14-23-18-11-9-15(10-12-18)13-16-5-2-4-8-20(16)22/h1,3,6-7,9-12,16H,2,4-5,8,13-14H2. The van der Waals surface area contributed by atoms with Gasteiger partial charge in [0.25, 0.3) is 0 Å². The van der Waals surface area contributed by atoms with Crippen molar-refractivity contribution in [3.8, 4) is 5.75 Å². The molecule has 1 atom stereocenters. The van der Waals surface area contributed by atoms with E-state index in [1.54, 1.807) is 0 Å². The van der Waals surface area contributed by atoms with E-state index in [0.29, 0.717) is 12.4 Å². The van der Waals surface area contributed by atoms with Crippen molar-refractivity contribution < 1.29 is 9.53 Å². The molecule has 0 amide bonds. The van der Waals surface area contributed by atoms with Crippen molar-refractivity contribution in [1.29, 1.82) is 0 Å². The summed E-state index contributed by atoms with van der Waals surface area (Å²) in [4.78, 5) is 11.9. The molecule has 0 spiro atoms. The summed E-state index contributed by atoms with van der Waals surface area (Å²) in [6.45, 7) is 0.458. The Bertz CT molecular complexity index is 664. The highest BCUT2D eigenvalue weighted by Crippen LogP contribution is 2.25. The van der Waals surface area contributed by atoms with E-state index in [9.17, 15) is 4.79 Å². The van der Waals surface area contributed by atoms with Crippen LogP contribution in [0.2, 0.25) is 5.02 Å². The van der Waals surface area contributed by atoms with Gasteiger partial charge in [0.2, 0.25) is 0 Å². The average molecular weight is 329 g/mol. The molecule has 0 N–H and O–H groups in total. The fourth-order valence-electron chi connectivity index (χ4n) is 3.05. The summed E-state index contributed by atoms with van der Waals surface area (Å²) < 4.78 is 5.79. The Labute approximate surface area is 142 Å². The smallest absolute Gasteiger partial charge is 0.136 e. The van der Waals surface area contributed by atoms with Crippen molar-refractivity contribution in [2.45, 2.75) is 38.7 Å². The predicted octanol–water partition coefficient (Wildman–Crippen LogP) is 5.22. The minimum absolute atomic E-state index is 0.207. The van der Waals surface area contributed by atoms with E-state index in [-0.39, 0.29) is 5.92 Å². The maximum atomic E-state index is 11.9. The molecule has 0 radical (unpaired) electrons. The number of hydrogen-bond donors (Lipinski definition) is 0. The molecule has 0 bridgehead atoms. The summed E-state index contributed by atoms with van der Waals surface area (Å²) in [5.74, 6) is 1.46. The maximum absolute atomic E-state index is 11.9. The third-order valence-corrected chi connectivity index (χ3v) is 4.81. The number of hydrogen-bond acceptors (Lipinski definition) is 2. The first kappa shape index (κ1) is 16.1. The van der Waals surface area contributed by atoms with Gasteiger partial charge in [-0.2, -0.15) is 0 Å². The molecule has 0 aromatic heterocycles. The fourth-order valence-corrected chi connectivity index (χ4v) is 3.24. The molecule has 3 rings (SSSR count). The van der Waals surface area contributed by atoms with Gasteiger partial charge < -0.3 is 4.74 Å². The first-order valence-corrected chi connectivity index (χ1v) is 8.58. The number of ether oxygens (including phenoxy) is 1. The third kappa shape index (κ3) is 4.35. The van der Waals surface area contributed by atoms with Crippen LogP contribution in [0.5, 0.6) is 5.75 Å². The van der Waals surface area contributed by atoms with Gasteiger partial charge in [-0.05, 0) is 43.0 Å². The van der Waals surface area contributed by atoms with Crippen LogP contribution < -0.4 is 4.74 Å². The minimum Gasteiger partial charge on any atom is -0.489 e. The van der Waals surface area contributed by atoms with Crippen LogP contribution in [-0.4, -0.2) is 5.78 Å². The zero-order valence-corrected chi connectivity index (χ0v) is 13.9. The van der Waals surface area contributed by atoms with E-state index in [1.165, 1.54) is 12.0 Å². The molecule has 1 fully saturated rings. The zero-order chi connectivity index (χ0) is 16.1. The molecular formula is C20H21ClO2. The second kappa shape index (κ2) is 7.65. The van der Waals surface area contributed by atoms with E-state index in [2.05, 4.69) is 12.1 Å². The van der Waals surface area contributed by atoms with Crippen molar-refractivity contribution in [1.82, 2.24) is 0 Å². The topological polar surface area (TPSA) is 26.3 Å². The highest BCUT2D eigenvalue weighted by atomic mass is 35.5. The third-order valence-electron chi connectivity index (χ3n) is 4.44. The molecule has 0 aliphatic heterocycles. The Hall–Kier alpha value is -1.80. The number of Topliss-reactive ketones (excluding diaryl/α,β-unsaturated/α-hetero) is 1. The van der Waals surface area contributed by atoms with Gasteiger partial charge in [0.15, 0.2) is 0 Å². The molecule has 1 unspecified atom stereocenters. The lowest BCUT2D eigenvalue weighted by molar-refractivity contribution is -0.124. The number of halogens is 1. The van der Waals surface area contributed by atoms with Crippen LogP contribution in [0, 0.1) is 5.92 Å². The minimum atomic E-state index is 0.207. The molecule has 23 heavy (non-hydrogen) atoms. The largest absolute Gasteiger partial charge is 0.489 e. The highest BCUT2D eigenvalue weighted by molar-refractivity contribution is 6.31. The van der Waals surface area contributed by atoms with Crippen LogP contribution >= 0.6 is 11.6 Å². The molecule has 1 aliphatic rings. The van der Waals surface area contributed by atoms with E-state index in [0.717, 1.165) is 42.0 Å². The fraction of sp³-hybridized carbons (Fsp3) is 0.350. The van der Waals surface area contributed by atoms with Gasteiger partial charge in [-0.15, -0.1) is 0 Å². The Morgan fingerprint density at radius 3 is 2.57 bits per heavy atom. The summed E-state index contributed by atoms with van der Waals surface area (Å²) in [6.07, 6.45) is 4.87. The highest BCUT2D eigenvalue weighted by Gasteiger charge is 2.22. The lowest BCUT2D eigenvalue weighted by Crippen LogP contribution is -2.20. The molecule has 0 saturated heterocycles. The maximum Gasteiger partial charge on any atom is 0.136 e. The summed E-state index contributed by atoms with van der Waals surface area (Å²) >= 11 is 6.13. The van der Waals surface area contributed by atoms with Crippen molar-refractivity contribution in [2.24, 2.45) is 5.92 Å². The molecule has 1 aliphatic carbocycles. The second-order valence-electron chi connectivity index (χ2n) is 6.14. The van der Waals surface area contributed by atoms with Gasteiger partial charge in [0.1, 0.15) is 18.1 Å². The van der Waals surface area contributed by atoms with Gasteiger partial charge >= 0.3 is 0 Å². The van der Waals surface area contributed by atoms with E-state index in [4.69, 9.17) is 16.3 Å². The molecule has 2 nitrogen and oxygen atoms in total. The Morgan fingerprint density at radius 2 is 1.83 bits per heavy atom. The van der Waals surface area contributed by atoms with Gasteiger partial charge in [0.05, 0.1) is 0 Å².